The zero-order valence-electron chi connectivity index (χ0n) is 12.5. The molecule has 2 aromatic rings. The number of carbonyl (C=O) groups is 1. The molecule has 1 atom stereocenters. The number of hydrogen-bond donors (Lipinski definition) is 2. The highest BCUT2D eigenvalue weighted by Crippen LogP contribution is 2.41. The van der Waals surface area contributed by atoms with E-state index in [-0.39, 0.29) is 18.6 Å². The number of rotatable bonds is 3. The molecule has 1 amide bonds. The predicted octanol–water partition coefficient (Wildman–Crippen LogP) is 1.95. The maximum atomic E-state index is 11.8. The SMILES string of the molecule is CNC(=O)CN1CC(c2ccccc2)Oc2cccc(N)c21. The highest BCUT2D eigenvalue weighted by molar-refractivity contribution is 5.85. The lowest BCUT2D eigenvalue weighted by atomic mass is 10.1. The Morgan fingerprint density at radius 2 is 2.05 bits per heavy atom. The van der Waals surface area contributed by atoms with Gasteiger partial charge in [0.05, 0.1) is 18.8 Å². The lowest BCUT2D eigenvalue weighted by Crippen LogP contribution is -2.42. The van der Waals surface area contributed by atoms with Crippen LogP contribution in [0.5, 0.6) is 5.75 Å². The Labute approximate surface area is 129 Å². The summed E-state index contributed by atoms with van der Waals surface area (Å²) in [5, 5.41) is 2.65. The van der Waals surface area contributed by atoms with Crippen LogP contribution in [0, 0.1) is 0 Å². The molecule has 3 rings (SSSR count). The summed E-state index contributed by atoms with van der Waals surface area (Å²) in [6.45, 7) is 0.836. The van der Waals surface area contributed by atoms with E-state index in [0.29, 0.717) is 18.0 Å². The largest absolute Gasteiger partial charge is 0.482 e. The highest BCUT2D eigenvalue weighted by Gasteiger charge is 2.29. The Balaban J connectivity index is 1.96. The Morgan fingerprint density at radius 3 is 2.77 bits per heavy atom. The van der Waals surface area contributed by atoms with Gasteiger partial charge in [-0.15, -0.1) is 0 Å². The van der Waals surface area contributed by atoms with E-state index in [4.69, 9.17) is 10.5 Å². The number of amides is 1. The third-order valence-corrected chi connectivity index (χ3v) is 3.79. The molecule has 5 nitrogen and oxygen atoms in total. The molecule has 0 fully saturated rings. The summed E-state index contributed by atoms with van der Waals surface area (Å²) >= 11 is 0. The summed E-state index contributed by atoms with van der Waals surface area (Å²) in [5.41, 5.74) is 8.57. The van der Waals surface area contributed by atoms with E-state index in [0.717, 1.165) is 11.3 Å². The van der Waals surface area contributed by atoms with E-state index in [2.05, 4.69) is 5.32 Å². The molecule has 0 aromatic heterocycles. The summed E-state index contributed by atoms with van der Waals surface area (Å²) in [6.07, 6.45) is -0.125. The van der Waals surface area contributed by atoms with Crippen LogP contribution in [0.15, 0.2) is 48.5 Å². The van der Waals surface area contributed by atoms with Crippen LogP contribution >= 0.6 is 0 Å². The molecule has 114 valence electrons. The van der Waals surface area contributed by atoms with E-state index >= 15 is 0 Å². The predicted molar refractivity (Wildman–Crippen MR) is 86.9 cm³/mol. The van der Waals surface area contributed by atoms with Gasteiger partial charge in [0.2, 0.25) is 5.91 Å². The van der Waals surface area contributed by atoms with Gasteiger partial charge in [0.1, 0.15) is 17.5 Å². The molecule has 1 aliphatic heterocycles. The summed E-state index contributed by atoms with van der Waals surface area (Å²) < 4.78 is 6.09. The Bertz CT molecular complexity index is 673. The zero-order valence-corrected chi connectivity index (χ0v) is 12.5. The molecule has 1 unspecified atom stereocenters. The summed E-state index contributed by atoms with van der Waals surface area (Å²) in [4.78, 5) is 13.8. The first kappa shape index (κ1) is 14.3. The van der Waals surface area contributed by atoms with Gasteiger partial charge in [-0.2, -0.15) is 0 Å². The van der Waals surface area contributed by atoms with Crippen molar-refractivity contribution in [1.82, 2.24) is 5.32 Å². The first-order valence-electron chi connectivity index (χ1n) is 7.24. The second-order valence-corrected chi connectivity index (χ2v) is 5.26. The molecule has 2 aromatic carbocycles. The van der Waals surface area contributed by atoms with Crippen molar-refractivity contribution in [1.29, 1.82) is 0 Å². The lowest BCUT2D eigenvalue weighted by Gasteiger charge is -2.36. The molecule has 22 heavy (non-hydrogen) atoms. The van der Waals surface area contributed by atoms with E-state index in [1.807, 2.05) is 53.4 Å². The maximum Gasteiger partial charge on any atom is 0.239 e. The van der Waals surface area contributed by atoms with Crippen LogP contribution in [-0.4, -0.2) is 26.0 Å². The minimum absolute atomic E-state index is 0.0529. The number of carbonyl (C=O) groups excluding carboxylic acids is 1. The van der Waals surface area contributed by atoms with Gasteiger partial charge in [-0.1, -0.05) is 36.4 Å². The molecule has 0 saturated carbocycles. The number of nitrogens with two attached hydrogens (primary N) is 1. The molecule has 0 saturated heterocycles. The van der Waals surface area contributed by atoms with Crippen molar-refractivity contribution in [3.8, 4) is 5.75 Å². The monoisotopic (exact) mass is 297 g/mol. The van der Waals surface area contributed by atoms with Crippen molar-refractivity contribution in [3.63, 3.8) is 0 Å². The first-order valence-corrected chi connectivity index (χ1v) is 7.24. The third kappa shape index (κ3) is 2.70. The molecule has 0 bridgehead atoms. The number of nitrogen functional groups attached to an aromatic ring is 1. The summed E-state index contributed by atoms with van der Waals surface area (Å²) in [5.74, 6) is 0.659. The quantitative estimate of drug-likeness (QED) is 0.850. The van der Waals surface area contributed by atoms with Crippen molar-refractivity contribution in [3.05, 3.63) is 54.1 Å². The van der Waals surface area contributed by atoms with E-state index in [1.165, 1.54) is 0 Å². The van der Waals surface area contributed by atoms with Crippen LogP contribution < -0.4 is 20.7 Å². The van der Waals surface area contributed by atoms with Gasteiger partial charge in [-0.25, -0.2) is 0 Å². The van der Waals surface area contributed by atoms with Gasteiger partial charge in [0.25, 0.3) is 0 Å². The van der Waals surface area contributed by atoms with Crippen molar-refractivity contribution in [2.24, 2.45) is 0 Å². The number of fused-ring (bicyclic) bond motifs is 1. The van der Waals surface area contributed by atoms with Crippen LogP contribution in [0.4, 0.5) is 11.4 Å². The molecule has 0 spiro atoms. The van der Waals surface area contributed by atoms with Crippen molar-refractivity contribution < 1.29 is 9.53 Å². The van der Waals surface area contributed by atoms with Crippen molar-refractivity contribution in [2.45, 2.75) is 6.10 Å². The topological polar surface area (TPSA) is 67.6 Å². The number of para-hydroxylation sites is 1. The summed E-state index contributed by atoms with van der Waals surface area (Å²) in [6, 6.07) is 15.6. The normalized spacial score (nSPS) is 16.6. The molecular weight excluding hydrogens is 278 g/mol. The van der Waals surface area contributed by atoms with Crippen LogP contribution in [0.1, 0.15) is 11.7 Å². The fourth-order valence-electron chi connectivity index (χ4n) is 2.69. The van der Waals surface area contributed by atoms with Crippen molar-refractivity contribution >= 4 is 17.3 Å². The van der Waals surface area contributed by atoms with E-state index in [1.54, 1.807) is 7.05 Å². The molecular formula is C17H19N3O2. The van der Waals surface area contributed by atoms with Gasteiger partial charge in [-0.05, 0) is 17.7 Å². The van der Waals surface area contributed by atoms with E-state index in [9.17, 15) is 4.79 Å². The number of ether oxygens (including phenoxy) is 1. The molecule has 3 N–H and O–H groups in total. The van der Waals surface area contributed by atoms with Crippen LogP contribution in [0.2, 0.25) is 0 Å². The highest BCUT2D eigenvalue weighted by atomic mass is 16.5. The average molecular weight is 297 g/mol. The third-order valence-electron chi connectivity index (χ3n) is 3.79. The molecule has 5 heteroatoms. The number of hydrogen-bond acceptors (Lipinski definition) is 4. The van der Waals surface area contributed by atoms with Gasteiger partial charge >= 0.3 is 0 Å². The standard InChI is InChI=1S/C17H19N3O2/c1-19-16(21)11-20-10-15(12-6-3-2-4-7-12)22-14-9-5-8-13(18)17(14)20/h2-9,15H,10-11,18H2,1H3,(H,19,21). The first-order chi connectivity index (χ1) is 10.7. The van der Waals surface area contributed by atoms with Gasteiger partial charge in [0.15, 0.2) is 0 Å². The Hall–Kier alpha value is -2.69. The second kappa shape index (κ2) is 5.97. The fraction of sp³-hybridized carbons (Fsp3) is 0.235. The van der Waals surface area contributed by atoms with Crippen molar-refractivity contribution in [2.75, 3.05) is 30.8 Å². The molecule has 1 heterocycles. The molecule has 0 aliphatic carbocycles. The minimum Gasteiger partial charge on any atom is -0.482 e. The van der Waals surface area contributed by atoms with Crippen LogP contribution in [-0.2, 0) is 4.79 Å². The van der Waals surface area contributed by atoms with Crippen LogP contribution in [0.25, 0.3) is 0 Å². The number of anilines is 2. The smallest absolute Gasteiger partial charge is 0.239 e. The second-order valence-electron chi connectivity index (χ2n) is 5.26. The number of benzene rings is 2. The van der Waals surface area contributed by atoms with Gasteiger partial charge in [0, 0.05) is 7.05 Å². The maximum absolute atomic E-state index is 11.8. The number of nitrogens with zero attached hydrogens (tertiary/aromatic N) is 1. The number of nitrogens with one attached hydrogen (secondary N) is 1. The molecule has 1 aliphatic rings. The fourth-order valence-corrected chi connectivity index (χ4v) is 2.69. The Kier molecular flexibility index (Phi) is 3.87. The van der Waals surface area contributed by atoms with E-state index < -0.39 is 0 Å². The summed E-state index contributed by atoms with van der Waals surface area (Å²) in [7, 11) is 1.63. The van der Waals surface area contributed by atoms with Gasteiger partial charge in [-0.3, -0.25) is 4.79 Å². The van der Waals surface area contributed by atoms with Crippen LogP contribution in [0.3, 0.4) is 0 Å². The molecule has 0 radical (unpaired) electrons. The average Bonchev–Trinajstić information content (AvgIpc) is 2.55. The van der Waals surface area contributed by atoms with Gasteiger partial charge < -0.3 is 20.7 Å². The lowest BCUT2D eigenvalue weighted by molar-refractivity contribution is -0.119. The Morgan fingerprint density at radius 1 is 1.27 bits per heavy atom. The number of likely N-dealkylation sites (N-methyl/N-ethyl adjacent to an activating group) is 1. The zero-order chi connectivity index (χ0) is 15.5. The minimum atomic E-state index is -0.125.